The van der Waals surface area contributed by atoms with Gasteiger partial charge in [-0.2, -0.15) is 0 Å². The van der Waals surface area contributed by atoms with Gasteiger partial charge >= 0.3 is 5.97 Å². The van der Waals surface area contributed by atoms with Crippen LogP contribution >= 0.6 is 0 Å². The summed E-state index contributed by atoms with van der Waals surface area (Å²) < 4.78 is 6.85. The lowest BCUT2D eigenvalue weighted by molar-refractivity contribution is -0.384. The second kappa shape index (κ2) is 9.52. The van der Waals surface area contributed by atoms with Crippen LogP contribution in [0.2, 0.25) is 0 Å². The van der Waals surface area contributed by atoms with Gasteiger partial charge in [0.25, 0.3) is 11.6 Å². The SMILES string of the molecule is O=C(Nc1ccc(OC(=O)c2cn(Cc3ccccc3)nn2)cc1)c1cccc([N+](=O)[O-])c1. The second-order valence-electron chi connectivity index (χ2n) is 6.96. The molecule has 0 saturated carbocycles. The van der Waals surface area contributed by atoms with E-state index in [-0.39, 0.29) is 22.7 Å². The van der Waals surface area contributed by atoms with Crippen LogP contribution in [0.5, 0.6) is 5.75 Å². The van der Waals surface area contributed by atoms with Crippen molar-refractivity contribution in [3.05, 3.63) is 112 Å². The number of hydrogen-bond donors (Lipinski definition) is 1. The molecular weight excluding hydrogens is 426 g/mol. The molecule has 0 bridgehead atoms. The number of non-ortho nitro benzene ring substituents is 1. The summed E-state index contributed by atoms with van der Waals surface area (Å²) >= 11 is 0. The second-order valence-corrected chi connectivity index (χ2v) is 6.96. The lowest BCUT2D eigenvalue weighted by Gasteiger charge is -2.07. The van der Waals surface area contributed by atoms with Crippen molar-refractivity contribution in [3.8, 4) is 5.75 Å². The predicted octanol–water partition coefficient (Wildman–Crippen LogP) is 3.71. The highest BCUT2D eigenvalue weighted by atomic mass is 16.6. The van der Waals surface area contributed by atoms with Gasteiger partial charge in [-0.15, -0.1) is 5.10 Å². The number of nitrogens with one attached hydrogen (secondary N) is 1. The van der Waals surface area contributed by atoms with Gasteiger partial charge in [-0.05, 0) is 35.9 Å². The zero-order chi connectivity index (χ0) is 23.2. The molecule has 33 heavy (non-hydrogen) atoms. The van der Waals surface area contributed by atoms with E-state index in [1.807, 2.05) is 30.3 Å². The Hall–Kier alpha value is -4.86. The molecular formula is C23H17N5O5. The molecule has 1 aromatic heterocycles. The molecule has 0 aliphatic rings. The standard InChI is InChI=1S/C23H17N5O5/c29-22(17-7-4-8-19(13-17)28(31)32)24-18-9-11-20(12-10-18)33-23(30)21-15-27(26-25-21)14-16-5-2-1-3-6-16/h1-13,15H,14H2,(H,24,29). The van der Waals surface area contributed by atoms with Crippen LogP contribution < -0.4 is 10.1 Å². The third kappa shape index (κ3) is 5.44. The monoisotopic (exact) mass is 443 g/mol. The molecule has 1 heterocycles. The fourth-order valence-corrected chi connectivity index (χ4v) is 2.97. The fraction of sp³-hybridized carbons (Fsp3) is 0.0435. The summed E-state index contributed by atoms with van der Waals surface area (Å²) in [4.78, 5) is 35.0. The molecule has 0 aliphatic carbocycles. The van der Waals surface area contributed by atoms with E-state index in [1.165, 1.54) is 42.6 Å². The first-order chi connectivity index (χ1) is 16.0. The maximum absolute atomic E-state index is 12.4. The maximum Gasteiger partial charge on any atom is 0.365 e. The summed E-state index contributed by atoms with van der Waals surface area (Å²) in [6, 6.07) is 21.1. The summed E-state index contributed by atoms with van der Waals surface area (Å²) in [5.41, 5.74) is 1.49. The average molecular weight is 443 g/mol. The van der Waals surface area contributed by atoms with Crippen molar-refractivity contribution in [2.45, 2.75) is 6.54 Å². The molecule has 0 unspecified atom stereocenters. The van der Waals surface area contributed by atoms with Crippen molar-refractivity contribution >= 4 is 23.3 Å². The minimum Gasteiger partial charge on any atom is -0.422 e. The number of carbonyl (C=O) groups excluding carboxylic acids is 2. The first-order valence-corrected chi connectivity index (χ1v) is 9.80. The van der Waals surface area contributed by atoms with Crippen molar-refractivity contribution < 1.29 is 19.2 Å². The van der Waals surface area contributed by atoms with E-state index in [1.54, 1.807) is 16.8 Å². The highest BCUT2D eigenvalue weighted by molar-refractivity contribution is 6.04. The quantitative estimate of drug-likeness (QED) is 0.199. The van der Waals surface area contributed by atoms with Gasteiger partial charge in [0.2, 0.25) is 0 Å². The Morgan fingerprint density at radius 1 is 1.00 bits per heavy atom. The van der Waals surface area contributed by atoms with Gasteiger partial charge in [-0.1, -0.05) is 41.6 Å². The van der Waals surface area contributed by atoms with Crippen molar-refractivity contribution in [2.75, 3.05) is 5.32 Å². The van der Waals surface area contributed by atoms with E-state index < -0.39 is 16.8 Å². The largest absolute Gasteiger partial charge is 0.422 e. The zero-order valence-corrected chi connectivity index (χ0v) is 17.1. The van der Waals surface area contributed by atoms with Crippen molar-refractivity contribution in [1.29, 1.82) is 0 Å². The van der Waals surface area contributed by atoms with Crippen LogP contribution in [0.1, 0.15) is 26.4 Å². The topological polar surface area (TPSA) is 129 Å². The summed E-state index contributed by atoms with van der Waals surface area (Å²) in [7, 11) is 0. The summed E-state index contributed by atoms with van der Waals surface area (Å²) in [6.45, 7) is 0.472. The van der Waals surface area contributed by atoms with Crippen LogP contribution in [0.15, 0.2) is 85.1 Å². The molecule has 10 heteroatoms. The van der Waals surface area contributed by atoms with Crippen LogP contribution in [0.4, 0.5) is 11.4 Å². The Morgan fingerprint density at radius 2 is 1.76 bits per heavy atom. The lowest BCUT2D eigenvalue weighted by atomic mass is 10.2. The summed E-state index contributed by atoms with van der Waals surface area (Å²) in [6.07, 6.45) is 1.50. The number of nitrogens with zero attached hydrogens (tertiary/aromatic N) is 4. The van der Waals surface area contributed by atoms with Gasteiger partial charge in [-0.3, -0.25) is 14.9 Å². The molecule has 0 saturated heterocycles. The third-order valence-electron chi connectivity index (χ3n) is 4.58. The van der Waals surface area contributed by atoms with Crippen molar-refractivity contribution in [3.63, 3.8) is 0 Å². The number of benzene rings is 3. The van der Waals surface area contributed by atoms with Crippen LogP contribution in [-0.4, -0.2) is 31.8 Å². The smallest absolute Gasteiger partial charge is 0.365 e. The number of rotatable bonds is 7. The number of esters is 1. The molecule has 1 amide bonds. The molecule has 0 spiro atoms. The van der Waals surface area contributed by atoms with E-state index >= 15 is 0 Å². The van der Waals surface area contributed by atoms with Gasteiger partial charge in [-0.25, -0.2) is 9.48 Å². The zero-order valence-electron chi connectivity index (χ0n) is 17.1. The number of anilines is 1. The first kappa shape index (κ1) is 21.4. The van der Waals surface area contributed by atoms with Gasteiger partial charge in [0.15, 0.2) is 5.69 Å². The van der Waals surface area contributed by atoms with E-state index in [2.05, 4.69) is 15.6 Å². The number of nitro groups is 1. The first-order valence-electron chi connectivity index (χ1n) is 9.80. The van der Waals surface area contributed by atoms with Gasteiger partial charge in [0, 0.05) is 23.4 Å². The molecule has 0 fully saturated rings. The Labute approximate surface area is 187 Å². The van der Waals surface area contributed by atoms with E-state index in [0.29, 0.717) is 12.2 Å². The minimum absolute atomic E-state index is 0.0639. The average Bonchev–Trinajstić information content (AvgIpc) is 3.29. The normalized spacial score (nSPS) is 10.4. The number of amides is 1. The Balaban J connectivity index is 1.36. The maximum atomic E-state index is 12.4. The van der Waals surface area contributed by atoms with Crippen LogP contribution in [-0.2, 0) is 6.54 Å². The highest BCUT2D eigenvalue weighted by Crippen LogP contribution is 2.19. The fourth-order valence-electron chi connectivity index (χ4n) is 2.97. The Morgan fingerprint density at radius 3 is 2.48 bits per heavy atom. The number of aromatic nitrogens is 3. The van der Waals surface area contributed by atoms with Crippen LogP contribution in [0, 0.1) is 10.1 Å². The number of ether oxygens (including phenoxy) is 1. The predicted molar refractivity (Wildman–Crippen MR) is 118 cm³/mol. The van der Waals surface area contributed by atoms with Gasteiger partial charge in [0.05, 0.1) is 17.7 Å². The summed E-state index contributed by atoms with van der Waals surface area (Å²) in [5, 5.41) is 21.3. The van der Waals surface area contributed by atoms with Crippen molar-refractivity contribution in [1.82, 2.24) is 15.0 Å². The Bertz CT molecular complexity index is 1300. The van der Waals surface area contributed by atoms with Crippen LogP contribution in [0.25, 0.3) is 0 Å². The molecule has 0 radical (unpaired) electrons. The minimum atomic E-state index is -0.664. The molecule has 3 aromatic carbocycles. The molecule has 164 valence electrons. The van der Waals surface area contributed by atoms with E-state index in [9.17, 15) is 19.7 Å². The van der Waals surface area contributed by atoms with Gasteiger partial charge in [0.1, 0.15) is 5.75 Å². The van der Waals surface area contributed by atoms with E-state index in [0.717, 1.165) is 5.56 Å². The number of carbonyl (C=O) groups is 2. The van der Waals surface area contributed by atoms with Crippen LogP contribution in [0.3, 0.4) is 0 Å². The molecule has 4 rings (SSSR count). The molecule has 10 nitrogen and oxygen atoms in total. The van der Waals surface area contributed by atoms with E-state index in [4.69, 9.17) is 4.74 Å². The lowest BCUT2D eigenvalue weighted by Crippen LogP contribution is -2.12. The molecule has 0 atom stereocenters. The highest BCUT2D eigenvalue weighted by Gasteiger charge is 2.15. The molecule has 4 aromatic rings. The molecule has 1 N–H and O–H groups in total. The van der Waals surface area contributed by atoms with Crippen molar-refractivity contribution in [2.24, 2.45) is 0 Å². The number of hydrogen-bond acceptors (Lipinski definition) is 7. The van der Waals surface area contributed by atoms with Gasteiger partial charge < -0.3 is 10.1 Å². The summed E-state index contributed by atoms with van der Waals surface area (Å²) in [5.74, 6) is -0.910. The molecule has 0 aliphatic heterocycles. The number of nitro benzene ring substituents is 1. The third-order valence-corrected chi connectivity index (χ3v) is 4.58. The Kier molecular flexibility index (Phi) is 6.17.